The Balaban J connectivity index is 1.47. The Kier molecular flexibility index (Phi) is 8.82. The van der Waals surface area contributed by atoms with Crippen LogP contribution in [0.3, 0.4) is 0 Å². The van der Waals surface area contributed by atoms with E-state index in [-0.39, 0.29) is 18.3 Å². The second-order valence-corrected chi connectivity index (χ2v) is 7.51. The summed E-state index contributed by atoms with van der Waals surface area (Å²) in [4.78, 5) is 25.5. The van der Waals surface area contributed by atoms with Crippen LogP contribution in [0.1, 0.15) is 19.8 Å². The lowest BCUT2D eigenvalue weighted by Crippen LogP contribution is -2.37. The number of ether oxygens (including phenoxy) is 2. The summed E-state index contributed by atoms with van der Waals surface area (Å²) in [5.74, 6) is -3.01. The highest BCUT2D eigenvalue weighted by atomic mass is 19.4. The normalized spacial score (nSPS) is 15.5. The highest BCUT2D eigenvalue weighted by Crippen LogP contribution is 2.23. The van der Waals surface area contributed by atoms with Gasteiger partial charge in [0.15, 0.2) is 6.10 Å². The van der Waals surface area contributed by atoms with E-state index in [1.165, 1.54) is 19.1 Å². The van der Waals surface area contributed by atoms with Crippen molar-refractivity contribution in [2.24, 2.45) is 0 Å². The zero-order valence-corrected chi connectivity index (χ0v) is 18.6. The first-order valence-electron chi connectivity index (χ1n) is 10.8. The van der Waals surface area contributed by atoms with Crippen LogP contribution >= 0.6 is 0 Å². The number of esters is 1. The van der Waals surface area contributed by atoms with Crippen molar-refractivity contribution in [2.75, 3.05) is 50.0 Å². The number of carbonyl (C=O) groups is 2. The lowest BCUT2D eigenvalue weighted by atomic mass is 10.2. The smallest absolute Gasteiger partial charge is 0.446 e. The molecule has 2 N–H and O–H groups in total. The molecule has 34 heavy (non-hydrogen) atoms. The van der Waals surface area contributed by atoms with Crippen molar-refractivity contribution in [1.82, 2.24) is 15.1 Å². The third-order valence-electron chi connectivity index (χ3n) is 5.00. The number of benzene rings is 1. The summed E-state index contributed by atoms with van der Waals surface area (Å²) >= 11 is 0. The molecule has 0 spiro atoms. The fraction of sp³-hybridized carbons (Fsp3) is 0.524. The van der Waals surface area contributed by atoms with Gasteiger partial charge in [0.1, 0.15) is 0 Å². The number of rotatable bonds is 10. The van der Waals surface area contributed by atoms with Crippen molar-refractivity contribution < 1.29 is 36.7 Å². The lowest BCUT2D eigenvalue weighted by molar-refractivity contribution is -0.204. The minimum atomic E-state index is -5.17. The molecule has 13 heteroatoms. The number of alkyl halides is 3. The Labute approximate surface area is 193 Å². The van der Waals surface area contributed by atoms with Crippen LogP contribution in [0.15, 0.2) is 28.7 Å². The third kappa shape index (κ3) is 7.42. The molecule has 0 radical (unpaired) electrons. The molecule has 1 atom stereocenters. The average molecular weight is 485 g/mol. The van der Waals surface area contributed by atoms with Crippen molar-refractivity contribution in [1.29, 1.82) is 0 Å². The number of halogens is 3. The summed E-state index contributed by atoms with van der Waals surface area (Å²) in [5.41, 5.74) is 0.888. The van der Waals surface area contributed by atoms with Gasteiger partial charge in [0.25, 0.3) is 5.91 Å². The zero-order chi connectivity index (χ0) is 24.6. The molecule has 0 aliphatic carbocycles. The Bertz CT molecular complexity index is 945. The largest absolute Gasteiger partial charge is 0.490 e. The van der Waals surface area contributed by atoms with Crippen molar-refractivity contribution in [3.8, 4) is 11.5 Å². The molecule has 1 aliphatic heterocycles. The Morgan fingerprint density at radius 3 is 2.53 bits per heavy atom. The number of aromatic nitrogens is 2. The van der Waals surface area contributed by atoms with Crippen LogP contribution in [-0.4, -0.2) is 78.6 Å². The van der Waals surface area contributed by atoms with Crippen molar-refractivity contribution in [2.45, 2.75) is 32.0 Å². The number of nitrogens with zero attached hydrogens (tertiary/aromatic N) is 3. The second-order valence-electron chi connectivity index (χ2n) is 7.51. The summed E-state index contributed by atoms with van der Waals surface area (Å²) < 4.78 is 52.3. The van der Waals surface area contributed by atoms with E-state index in [2.05, 4.69) is 30.5 Å². The molecular weight excluding hydrogens is 459 g/mol. The standard InChI is InChI=1S/C21H26F3N5O5/c1-2-16(33-19(31)21(22,23)24)17(30)26-15-6-4-14(5-7-15)18-27-28-20(34-18)25-8-3-9-29-10-12-32-13-11-29/h4-7,16H,2-3,8-13H2,1H3,(H,25,28)(H,26,30). The SMILES string of the molecule is CCC(OC(=O)C(F)(F)F)C(=O)Nc1ccc(-c2nnc(NCCCN3CCOCC3)o2)cc1. The van der Waals surface area contributed by atoms with E-state index in [0.717, 1.165) is 39.3 Å². The first-order chi connectivity index (χ1) is 16.3. The monoisotopic (exact) mass is 485 g/mol. The van der Waals surface area contributed by atoms with Gasteiger partial charge in [-0.1, -0.05) is 12.0 Å². The number of nitrogens with one attached hydrogen (secondary N) is 2. The molecule has 186 valence electrons. The molecule has 10 nitrogen and oxygen atoms in total. The van der Waals surface area contributed by atoms with E-state index in [1.807, 2.05) is 0 Å². The number of anilines is 2. The molecular formula is C21H26F3N5O5. The van der Waals surface area contributed by atoms with E-state index in [1.54, 1.807) is 12.1 Å². The van der Waals surface area contributed by atoms with E-state index >= 15 is 0 Å². The lowest BCUT2D eigenvalue weighted by Gasteiger charge is -2.26. The van der Waals surface area contributed by atoms with Gasteiger partial charge in [0.2, 0.25) is 5.89 Å². The highest BCUT2D eigenvalue weighted by molar-refractivity contribution is 5.95. The quantitative estimate of drug-likeness (QED) is 0.387. The van der Waals surface area contributed by atoms with Gasteiger partial charge in [0.05, 0.1) is 13.2 Å². The van der Waals surface area contributed by atoms with Crippen molar-refractivity contribution in [3.63, 3.8) is 0 Å². The summed E-state index contributed by atoms with van der Waals surface area (Å²) in [6.45, 7) is 6.42. The van der Waals surface area contributed by atoms with Crippen molar-refractivity contribution in [3.05, 3.63) is 24.3 Å². The van der Waals surface area contributed by atoms with Gasteiger partial charge in [-0.2, -0.15) is 13.2 Å². The molecule has 2 aromatic rings. The summed E-state index contributed by atoms with van der Waals surface area (Å²) in [5, 5.41) is 13.4. The van der Waals surface area contributed by atoms with Crippen LogP contribution in [0.25, 0.3) is 11.5 Å². The Hall–Kier alpha value is -3.19. The minimum Gasteiger partial charge on any atom is -0.446 e. The maximum absolute atomic E-state index is 12.4. The number of amides is 1. The number of carbonyl (C=O) groups excluding carboxylic acids is 2. The van der Waals surface area contributed by atoms with Gasteiger partial charge in [-0.05, 0) is 43.7 Å². The first kappa shape index (κ1) is 25.4. The molecule has 1 aromatic heterocycles. The van der Waals surface area contributed by atoms with E-state index in [9.17, 15) is 22.8 Å². The van der Waals surface area contributed by atoms with E-state index in [4.69, 9.17) is 9.15 Å². The van der Waals surface area contributed by atoms with Gasteiger partial charge in [-0.15, -0.1) is 5.10 Å². The van der Waals surface area contributed by atoms with Gasteiger partial charge < -0.3 is 24.5 Å². The molecule has 3 rings (SSSR count). The Morgan fingerprint density at radius 1 is 1.18 bits per heavy atom. The summed E-state index contributed by atoms with van der Waals surface area (Å²) in [6.07, 6.45) is -5.95. The number of hydrogen-bond acceptors (Lipinski definition) is 9. The predicted molar refractivity (Wildman–Crippen MR) is 115 cm³/mol. The molecule has 2 heterocycles. The molecule has 0 saturated carbocycles. The van der Waals surface area contributed by atoms with Gasteiger partial charge in [0, 0.05) is 30.9 Å². The molecule has 1 saturated heterocycles. The molecule has 1 unspecified atom stereocenters. The number of hydrogen-bond donors (Lipinski definition) is 2. The van der Waals surface area contributed by atoms with E-state index in [0.29, 0.717) is 17.8 Å². The molecule has 1 aromatic carbocycles. The van der Waals surface area contributed by atoms with Crippen LogP contribution in [-0.2, 0) is 19.1 Å². The van der Waals surface area contributed by atoms with Crippen molar-refractivity contribution >= 4 is 23.6 Å². The van der Waals surface area contributed by atoms with Gasteiger partial charge in [-0.25, -0.2) is 4.79 Å². The topological polar surface area (TPSA) is 119 Å². The molecule has 0 bridgehead atoms. The van der Waals surface area contributed by atoms with Crippen LogP contribution in [0, 0.1) is 0 Å². The minimum absolute atomic E-state index is 0.115. The van der Waals surface area contributed by atoms with Crippen LogP contribution in [0.2, 0.25) is 0 Å². The fourth-order valence-corrected chi connectivity index (χ4v) is 3.17. The molecule has 1 amide bonds. The number of morpholine rings is 1. The highest BCUT2D eigenvalue weighted by Gasteiger charge is 2.43. The third-order valence-corrected chi connectivity index (χ3v) is 5.00. The predicted octanol–water partition coefficient (Wildman–Crippen LogP) is 2.69. The molecule has 1 aliphatic rings. The van der Waals surface area contributed by atoms with Gasteiger partial charge >= 0.3 is 18.2 Å². The van der Waals surface area contributed by atoms with Crippen LogP contribution < -0.4 is 10.6 Å². The zero-order valence-electron chi connectivity index (χ0n) is 18.6. The second kappa shape index (κ2) is 11.8. The maximum Gasteiger partial charge on any atom is 0.490 e. The average Bonchev–Trinajstić information content (AvgIpc) is 3.29. The summed E-state index contributed by atoms with van der Waals surface area (Å²) in [6, 6.07) is 6.53. The van der Waals surface area contributed by atoms with Gasteiger partial charge in [-0.3, -0.25) is 9.69 Å². The van der Waals surface area contributed by atoms with Crippen LogP contribution in [0.4, 0.5) is 24.9 Å². The van der Waals surface area contributed by atoms with Crippen LogP contribution in [0.5, 0.6) is 0 Å². The first-order valence-corrected chi connectivity index (χ1v) is 10.8. The fourth-order valence-electron chi connectivity index (χ4n) is 3.17. The maximum atomic E-state index is 12.4. The molecule has 1 fully saturated rings. The van der Waals surface area contributed by atoms with E-state index < -0.39 is 24.2 Å². The Morgan fingerprint density at radius 2 is 1.88 bits per heavy atom. The summed E-state index contributed by atoms with van der Waals surface area (Å²) in [7, 11) is 0.